The first-order chi connectivity index (χ1) is 18.1. The Hall–Kier alpha value is -4.47. The first-order valence-corrected chi connectivity index (χ1v) is 13.5. The number of carbonyl (C=O) groups is 2. The molecule has 0 amide bonds. The molecule has 0 saturated carbocycles. The van der Waals surface area contributed by atoms with Crippen LogP contribution in [0.4, 0.5) is 0 Å². The van der Waals surface area contributed by atoms with Gasteiger partial charge in [0.2, 0.25) is 5.78 Å². The summed E-state index contributed by atoms with van der Waals surface area (Å²) in [5.41, 5.74) is -0.664. The van der Waals surface area contributed by atoms with Gasteiger partial charge in [-0.3, -0.25) is 4.79 Å². The molecule has 0 aliphatic rings. The molecule has 0 N–H and O–H groups in total. The highest BCUT2D eigenvalue weighted by Crippen LogP contribution is 2.47. The van der Waals surface area contributed by atoms with Gasteiger partial charge in [-0.25, -0.2) is 9.59 Å². The topological polar surface area (TPSA) is 73.6 Å². The lowest BCUT2D eigenvalue weighted by atomic mass is 10.1. The molecule has 4 aromatic carbocycles. The standard InChI is InChI=1S/C31H23O5P/c1-35-31(34)29(28(32)26-21-22-13-11-12-20-27(22)36-30(26)33)37(23-14-5-2-6-15-23,24-16-7-3-8-17-24)25-18-9-4-10-19-25/h2-21H,1H3. The summed E-state index contributed by atoms with van der Waals surface area (Å²) in [4.78, 5) is 41.2. The van der Waals surface area contributed by atoms with Gasteiger partial charge in [-0.1, -0.05) is 109 Å². The lowest BCUT2D eigenvalue weighted by molar-refractivity contribution is -0.132. The van der Waals surface area contributed by atoms with E-state index in [0.29, 0.717) is 11.0 Å². The fourth-order valence-electron chi connectivity index (χ4n) is 4.62. The molecule has 6 heteroatoms. The number of hydrogen-bond donors (Lipinski definition) is 0. The van der Waals surface area contributed by atoms with Crippen molar-refractivity contribution >= 4 is 50.8 Å². The van der Waals surface area contributed by atoms with Crippen LogP contribution >= 0.6 is 6.89 Å². The van der Waals surface area contributed by atoms with E-state index in [1.807, 2.05) is 91.0 Å². The quantitative estimate of drug-likeness (QED) is 0.113. The predicted molar refractivity (Wildman–Crippen MR) is 149 cm³/mol. The molecule has 0 spiro atoms. The van der Waals surface area contributed by atoms with Crippen molar-refractivity contribution in [3.63, 3.8) is 0 Å². The molecule has 37 heavy (non-hydrogen) atoms. The summed E-state index contributed by atoms with van der Waals surface area (Å²) in [5.74, 6) is -1.50. The fraction of sp³-hybridized carbons (Fsp3) is 0.0323. The van der Waals surface area contributed by atoms with Crippen LogP contribution < -0.4 is 21.5 Å². The van der Waals surface area contributed by atoms with Gasteiger partial charge in [0.25, 0.3) is 0 Å². The van der Waals surface area contributed by atoms with Crippen LogP contribution in [0.15, 0.2) is 131 Å². The molecule has 0 atom stereocenters. The van der Waals surface area contributed by atoms with E-state index in [1.54, 1.807) is 24.3 Å². The smallest absolute Gasteiger partial charge is 0.347 e. The summed E-state index contributed by atoms with van der Waals surface area (Å²) >= 11 is 0. The summed E-state index contributed by atoms with van der Waals surface area (Å²) in [7, 11) is 1.24. The van der Waals surface area contributed by atoms with Gasteiger partial charge in [0.1, 0.15) is 16.4 Å². The highest BCUT2D eigenvalue weighted by molar-refractivity contribution is 7.97. The van der Waals surface area contributed by atoms with Gasteiger partial charge in [-0.15, -0.1) is 0 Å². The SMILES string of the molecule is COC(=O)C(C(=O)c1cc2ccccc2oc1=O)=P(c1ccccc1)(c1ccccc1)c1ccccc1. The number of hydrogen-bond acceptors (Lipinski definition) is 5. The summed E-state index contributed by atoms with van der Waals surface area (Å²) < 4.78 is 10.7. The van der Waals surface area contributed by atoms with E-state index in [0.717, 1.165) is 15.9 Å². The number of esters is 1. The van der Waals surface area contributed by atoms with E-state index in [4.69, 9.17) is 9.15 Å². The van der Waals surface area contributed by atoms with Crippen LogP contribution in [0.1, 0.15) is 10.4 Å². The van der Waals surface area contributed by atoms with Crippen molar-refractivity contribution in [1.29, 1.82) is 0 Å². The third-order valence-electron chi connectivity index (χ3n) is 6.25. The van der Waals surface area contributed by atoms with Crippen LogP contribution in [-0.2, 0) is 9.53 Å². The Kier molecular flexibility index (Phi) is 6.72. The second-order valence-electron chi connectivity index (χ2n) is 8.33. The van der Waals surface area contributed by atoms with E-state index in [2.05, 4.69) is 0 Å². The molecule has 5 aromatic rings. The van der Waals surface area contributed by atoms with E-state index < -0.39 is 24.3 Å². The molecule has 182 valence electrons. The third-order valence-corrected chi connectivity index (χ3v) is 10.5. The average Bonchev–Trinajstić information content (AvgIpc) is 2.96. The molecule has 0 radical (unpaired) electrons. The minimum Gasteiger partial charge on any atom is -0.465 e. The monoisotopic (exact) mass is 506 g/mol. The Balaban J connectivity index is 2.00. The molecule has 0 aliphatic carbocycles. The number of fused-ring (bicyclic) bond motifs is 1. The van der Waals surface area contributed by atoms with Crippen molar-refractivity contribution in [2.45, 2.75) is 0 Å². The minimum atomic E-state index is -3.13. The first kappa shape index (κ1) is 24.2. The normalized spacial score (nSPS) is 11.2. The van der Waals surface area contributed by atoms with Crippen LogP contribution in [0, 0.1) is 0 Å². The van der Waals surface area contributed by atoms with Gasteiger partial charge in [0.05, 0.1) is 7.11 Å². The molecule has 0 saturated heterocycles. The average molecular weight is 506 g/mol. The van der Waals surface area contributed by atoms with Crippen LogP contribution in [0.5, 0.6) is 0 Å². The number of Topliss-reactive ketones (excluding diaryl/α,β-unsaturated/α-hetero) is 1. The van der Waals surface area contributed by atoms with Crippen molar-refractivity contribution in [2.75, 3.05) is 7.11 Å². The zero-order valence-corrected chi connectivity index (χ0v) is 20.9. The van der Waals surface area contributed by atoms with Gasteiger partial charge in [0.15, 0.2) is 0 Å². The van der Waals surface area contributed by atoms with Crippen LogP contribution in [-0.4, -0.2) is 24.2 Å². The molecular weight excluding hydrogens is 483 g/mol. The highest BCUT2D eigenvalue weighted by Gasteiger charge is 2.38. The Bertz CT molecular complexity index is 1600. The zero-order valence-electron chi connectivity index (χ0n) is 20.0. The van der Waals surface area contributed by atoms with Crippen molar-refractivity contribution in [2.24, 2.45) is 0 Å². The highest BCUT2D eigenvalue weighted by atomic mass is 31.2. The number of rotatable bonds is 6. The molecule has 5 nitrogen and oxygen atoms in total. The maximum absolute atomic E-state index is 14.4. The fourth-order valence-corrected chi connectivity index (χ4v) is 8.93. The number of para-hydroxylation sites is 1. The molecule has 0 bridgehead atoms. The molecule has 0 fully saturated rings. The Morgan fingerprint density at radius 2 is 1.14 bits per heavy atom. The largest absolute Gasteiger partial charge is 0.465 e. The predicted octanol–water partition coefficient (Wildman–Crippen LogP) is 4.32. The molecule has 0 unspecified atom stereocenters. The lowest BCUT2D eigenvalue weighted by Gasteiger charge is -2.31. The number of benzene rings is 4. The Labute approximate surface area is 213 Å². The van der Waals surface area contributed by atoms with Gasteiger partial charge in [0, 0.05) is 5.39 Å². The summed E-state index contributed by atoms with van der Waals surface area (Å²) in [6.07, 6.45) is 0. The van der Waals surface area contributed by atoms with Crippen LogP contribution in [0.2, 0.25) is 0 Å². The molecule has 1 heterocycles. The molecule has 0 aliphatic heterocycles. The van der Waals surface area contributed by atoms with Gasteiger partial charge in [-0.05, 0) is 34.9 Å². The Morgan fingerprint density at radius 1 is 0.676 bits per heavy atom. The van der Waals surface area contributed by atoms with Gasteiger partial charge < -0.3 is 9.15 Å². The summed E-state index contributed by atoms with van der Waals surface area (Å²) in [5, 5.41) is 2.84. The second-order valence-corrected chi connectivity index (χ2v) is 11.7. The van der Waals surface area contributed by atoms with Crippen molar-refractivity contribution in [3.05, 3.63) is 137 Å². The second kappa shape index (κ2) is 10.3. The minimum absolute atomic E-state index is 0.0961. The molecule has 5 rings (SSSR count). The number of carbonyl (C=O) groups excluding carboxylic acids is 2. The maximum atomic E-state index is 14.4. The molecule has 1 aromatic heterocycles. The molecular formula is C31H23O5P. The maximum Gasteiger partial charge on any atom is 0.347 e. The summed E-state index contributed by atoms with van der Waals surface area (Å²) in [6.45, 7) is -3.13. The number of ketones is 1. The summed E-state index contributed by atoms with van der Waals surface area (Å²) in [6, 6.07) is 36.8. The van der Waals surface area contributed by atoms with Crippen molar-refractivity contribution in [1.82, 2.24) is 0 Å². The Morgan fingerprint density at radius 3 is 1.62 bits per heavy atom. The third kappa shape index (κ3) is 4.24. The van der Waals surface area contributed by atoms with E-state index in [9.17, 15) is 14.4 Å². The van der Waals surface area contributed by atoms with Crippen LogP contribution in [0.3, 0.4) is 0 Å². The first-order valence-electron chi connectivity index (χ1n) is 11.7. The zero-order chi connectivity index (χ0) is 25.8. The lowest BCUT2D eigenvalue weighted by Crippen LogP contribution is -2.39. The van der Waals surface area contributed by atoms with E-state index >= 15 is 0 Å². The van der Waals surface area contributed by atoms with Gasteiger partial charge in [-0.2, -0.15) is 0 Å². The van der Waals surface area contributed by atoms with E-state index in [-0.39, 0.29) is 10.9 Å². The van der Waals surface area contributed by atoms with Crippen molar-refractivity contribution in [3.8, 4) is 0 Å². The van der Waals surface area contributed by atoms with Crippen molar-refractivity contribution < 1.29 is 18.7 Å². The number of ether oxygens (including phenoxy) is 1. The van der Waals surface area contributed by atoms with Crippen LogP contribution in [0.25, 0.3) is 11.0 Å². The van der Waals surface area contributed by atoms with Gasteiger partial charge >= 0.3 is 11.6 Å². The van der Waals surface area contributed by atoms with E-state index in [1.165, 1.54) is 13.2 Å². The number of methoxy groups -OCH3 is 1.